The van der Waals surface area contributed by atoms with Crippen LogP contribution in [0, 0.1) is 17.3 Å². The molecule has 10 heteroatoms. The van der Waals surface area contributed by atoms with E-state index in [1.807, 2.05) is 12.1 Å². The fraction of sp³-hybridized carbons (Fsp3) is 0.400. The molecule has 0 bridgehead atoms. The third-order valence-electron chi connectivity index (χ3n) is 8.05. The minimum Gasteiger partial charge on any atom is -0.511 e. The van der Waals surface area contributed by atoms with Crippen molar-refractivity contribution in [1.29, 1.82) is 0 Å². The van der Waals surface area contributed by atoms with Crippen LogP contribution in [-0.4, -0.2) is 55.0 Å². The Bertz CT molecular complexity index is 1500. The average molecular weight is 548 g/mol. The van der Waals surface area contributed by atoms with Crippen molar-refractivity contribution in [2.75, 3.05) is 6.54 Å². The first-order valence-electron chi connectivity index (χ1n) is 13.2. The van der Waals surface area contributed by atoms with E-state index in [0.29, 0.717) is 28.9 Å². The van der Waals surface area contributed by atoms with Crippen LogP contribution >= 0.6 is 0 Å². The Morgan fingerprint density at radius 3 is 2.52 bits per heavy atom. The number of aromatic hydroxyl groups is 1. The number of amides is 1. The molecule has 3 atom stereocenters. The van der Waals surface area contributed by atoms with Crippen molar-refractivity contribution in [2.45, 2.75) is 52.2 Å². The Morgan fingerprint density at radius 2 is 1.90 bits per heavy atom. The summed E-state index contributed by atoms with van der Waals surface area (Å²) in [6, 6.07) is 7.21. The number of aliphatic hydroxyl groups excluding tert-OH is 2. The Labute approximate surface area is 231 Å². The van der Waals surface area contributed by atoms with Crippen LogP contribution in [-0.2, 0) is 22.6 Å². The van der Waals surface area contributed by atoms with E-state index in [2.05, 4.69) is 31.1 Å². The molecule has 0 saturated carbocycles. The third kappa shape index (κ3) is 4.28. The highest BCUT2D eigenvalue weighted by Gasteiger charge is 2.59. The van der Waals surface area contributed by atoms with Gasteiger partial charge in [0.2, 0.25) is 5.78 Å². The van der Waals surface area contributed by atoms with Gasteiger partial charge in [-0.25, -0.2) is 0 Å². The molecule has 0 fully saturated rings. The van der Waals surface area contributed by atoms with Gasteiger partial charge >= 0.3 is 0 Å². The van der Waals surface area contributed by atoms with Crippen LogP contribution < -0.4 is 11.1 Å². The topological polar surface area (TPSA) is 183 Å². The van der Waals surface area contributed by atoms with Gasteiger partial charge in [0, 0.05) is 48.3 Å². The molecule has 10 nitrogen and oxygen atoms in total. The Balaban J connectivity index is 1.67. The van der Waals surface area contributed by atoms with E-state index >= 15 is 0 Å². The van der Waals surface area contributed by atoms with Gasteiger partial charge in [-0.2, -0.15) is 0 Å². The quantitative estimate of drug-likeness (QED) is 0.306. The van der Waals surface area contributed by atoms with E-state index in [1.165, 1.54) is 0 Å². The number of phenolic OH excluding ortho intramolecular Hbond substituents is 1. The van der Waals surface area contributed by atoms with Gasteiger partial charge in [-0.15, -0.1) is 0 Å². The molecule has 1 amide bonds. The monoisotopic (exact) mass is 547 g/mol. The fourth-order valence-corrected chi connectivity index (χ4v) is 6.20. The smallest absolute Gasteiger partial charge is 0.255 e. The lowest BCUT2D eigenvalue weighted by molar-refractivity contribution is -0.144. The van der Waals surface area contributed by atoms with Gasteiger partial charge in [0.15, 0.2) is 11.4 Å². The standard InChI is InChI=1S/C30H33N3O7/c1-29(2,3)13-32-12-15-10-17(19-6-4-5-7-33-19)18-9-14-8-16-11-20(34)23(28(31)39)27(38)30(16,40)26(37)21(14)25(36)22(18)24(15)35/h4-7,10,14,16,32,34-35,37,40H,8-9,11-13H2,1-3H3,(H2,31,39)/t14?,16-,30?/m0/s1. The van der Waals surface area contributed by atoms with Crippen molar-refractivity contribution in [3.05, 3.63) is 69.8 Å². The van der Waals surface area contributed by atoms with Gasteiger partial charge in [0.25, 0.3) is 5.91 Å². The summed E-state index contributed by atoms with van der Waals surface area (Å²) in [5, 5.41) is 47.8. The minimum absolute atomic E-state index is 0.0210. The lowest BCUT2D eigenvalue weighted by Crippen LogP contribution is -2.57. The number of benzene rings is 1. The first-order valence-corrected chi connectivity index (χ1v) is 13.2. The molecule has 1 aromatic heterocycles. The van der Waals surface area contributed by atoms with Crippen LogP contribution in [0.25, 0.3) is 11.3 Å². The molecule has 0 spiro atoms. The molecule has 0 saturated heterocycles. The number of carbonyl (C=O) groups is 3. The van der Waals surface area contributed by atoms with E-state index in [-0.39, 0.29) is 48.1 Å². The van der Waals surface area contributed by atoms with Crippen molar-refractivity contribution in [3.8, 4) is 17.0 Å². The molecule has 7 N–H and O–H groups in total. The van der Waals surface area contributed by atoms with E-state index in [9.17, 15) is 34.8 Å². The van der Waals surface area contributed by atoms with Crippen LogP contribution in [0.5, 0.6) is 5.75 Å². The van der Waals surface area contributed by atoms with Gasteiger partial charge < -0.3 is 31.5 Å². The number of hydrogen-bond donors (Lipinski definition) is 6. The number of nitrogens with zero attached hydrogens (tertiary/aromatic N) is 1. The number of carbonyl (C=O) groups excluding carboxylic acids is 3. The lowest BCUT2D eigenvalue weighted by atomic mass is 9.60. The number of nitrogens with one attached hydrogen (secondary N) is 1. The summed E-state index contributed by atoms with van der Waals surface area (Å²) in [6.07, 6.45) is 1.64. The van der Waals surface area contributed by atoms with E-state index in [0.717, 1.165) is 0 Å². The van der Waals surface area contributed by atoms with E-state index < -0.39 is 52.0 Å². The zero-order valence-corrected chi connectivity index (χ0v) is 22.6. The number of allylic oxidation sites excluding steroid dienone is 2. The maximum absolute atomic E-state index is 14.1. The highest BCUT2D eigenvalue weighted by molar-refractivity contribution is 6.24. The van der Waals surface area contributed by atoms with Gasteiger partial charge in [0.1, 0.15) is 22.8 Å². The molecule has 3 aliphatic rings. The molecular formula is C30H33N3O7. The number of primary amides is 1. The molecule has 0 aliphatic heterocycles. The number of ketones is 2. The third-order valence-corrected chi connectivity index (χ3v) is 8.05. The second-order valence-electron chi connectivity index (χ2n) is 12.1. The number of fused-ring (bicyclic) bond motifs is 3. The van der Waals surface area contributed by atoms with Gasteiger partial charge in [-0.3, -0.25) is 19.4 Å². The van der Waals surface area contributed by atoms with Crippen LogP contribution in [0.3, 0.4) is 0 Å². The molecule has 2 unspecified atom stereocenters. The molecular weight excluding hydrogens is 514 g/mol. The van der Waals surface area contributed by atoms with Crippen LogP contribution in [0.4, 0.5) is 0 Å². The average Bonchev–Trinajstić information content (AvgIpc) is 2.87. The second kappa shape index (κ2) is 9.57. The van der Waals surface area contributed by atoms with E-state index in [4.69, 9.17) is 5.73 Å². The van der Waals surface area contributed by atoms with Gasteiger partial charge in [0.05, 0.1) is 11.3 Å². The number of aromatic nitrogens is 1. The zero-order valence-electron chi connectivity index (χ0n) is 22.6. The Hall–Kier alpha value is -4.02. The summed E-state index contributed by atoms with van der Waals surface area (Å²) in [6.45, 7) is 7.10. The van der Waals surface area contributed by atoms with Crippen molar-refractivity contribution in [1.82, 2.24) is 10.3 Å². The summed E-state index contributed by atoms with van der Waals surface area (Å²) in [7, 11) is 0. The van der Waals surface area contributed by atoms with Crippen LogP contribution in [0.2, 0.25) is 0 Å². The molecule has 2 aromatic rings. The summed E-state index contributed by atoms with van der Waals surface area (Å²) in [5.74, 6) is -6.46. The molecule has 1 aromatic carbocycles. The first-order chi connectivity index (χ1) is 18.8. The molecule has 210 valence electrons. The van der Waals surface area contributed by atoms with Crippen molar-refractivity contribution in [3.63, 3.8) is 0 Å². The number of phenols is 1. The Morgan fingerprint density at radius 1 is 1.18 bits per heavy atom. The summed E-state index contributed by atoms with van der Waals surface area (Å²) >= 11 is 0. The molecule has 40 heavy (non-hydrogen) atoms. The maximum Gasteiger partial charge on any atom is 0.255 e. The highest BCUT2D eigenvalue weighted by Crippen LogP contribution is 2.52. The summed E-state index contributed by atoms with van der Waals surface area (Å²) in [4.78, 5) is 43.6. The number of pyridine rings is 1. The lowest BCUT2D eigenvalue weighted by Gasteiger charge is -2.45. The normalized spacial score (nSPS) is 24.5. The highest BCUT2D eigenvalue weighted by atomic mass is 16.3. The predicted octanol–water partition coefficient (Wildman–Crippen LogP) is 2.78. The van der Waals surface area contributed by atoms with Crippen molar-refractivity contribution in [2.24, 2.45) is 23.0 Å². The number of rotatable bonds is 5. The number of Topliss-reactive ketones (excluding diaryl/α,β-unsaturated/α-hetero) is 2. The summed E-state index contributed by atoms with van der Waals surface area (Å²) in [5.41, 5.74) is 3.92. The molecule has 3 aliphatic carbocycles. The van der Waals surface area contributed by atoms with Gasteiger partial charge in [-0.1, -0.05) is 26.8 Å². The molecule has 1 heterocycles. The largest absolute Gasteiger partial charge is 0.511 e. The fourth-order valence-electron chi connectivity index (χ4n) is 6.20. The number of nitrogens with two attached hydrogens (primary N) is 1. The molecule has 5 rings (SSSR count). The van der Waals surface area contributed by atoms with Crippen LogP contribution in [0.1, 0.15) is 55.1 Å². The van der Waals surface area contributed by atoms with Crippen molar-refractivity contribution < 1.29 is 34.8 Å². The maximum atomic E-state index is 14.1. The first kappa shape index (κ1) is 27.5. The predicted molar refractivity (Wildman–Crippen MR) is 145 cm³/mol. The molecule has 0 radical (unpaired) electrons. The van der Waals surface area contributed by atoms with Gasteiger partial charge in [-0.05, 0) is 47.9 Å². The summed E-state index contributed by atoms with van der Waals surface area (Å²) < 4.78 is 0. The zero-order chi connectivity index (χ0) is 29.1. The second-order valence-corrected chi connectivity index (χ2v) is 12.1. The minimum atomic E-state index is -2.60. The SMILES string of the molecule is CC(C)(C)CNCc1cc(-c2ccccn2)c2c(c1O)C(=O)C1=C(O)C3(O)C(=O)C(C(N)=O)=C(O)C[C@@H]3CC1C2. The van der Waals surface area contributed by atoms with Crippen LogP contribution in [0.15, 0.2) is 53.1 Å². The number of aliphatic hydroxyl groups is 3. The van der Waals surface area contributed by atoms with E-state index in [1.54, 1.807) is 18.3 Å². The van der Waals surface area contributed by atoms with Crippen molar-refractivity contribution >= 4 is 17.5 Å². The number of hydrogen-bond acceptors (Lipinski definition) is 9. The Kier molecular flexibility index (Phi) is 6.59.